The number of hydrogen-bond acceptors (Lipinski definition) is 5. The van der Waals surface area contributed by atoms with Gasteiger partial charge in [0.05, 0.1) is 23.4 Å². The first-order valence-electron chi connectivity index (χ1n) is 9.52. The third-order valence-corrected chi connectivity index (χ3v) is 6.21. The summed E-state index contributed by atoms with van der Waals surface area (Å²) in [5, 5.41) is 0.146. The average Bonchev–Trinajstić information content (AvgIpc) is 2.81. The number of methoxy groups -OCH3 is 2. The predicted molar refractivity (Wildman–Crippen MR) is 117 cm³/mol. The lowest BCUT2D eigenvalue weighted by molar-refractivity contribution is -0.128. The first kappa shape index (κ1) is 23.2. The molecule has 10 heteroatoms. The van der Waals surface area contributed by atoms with Crippen molar-refractivity contribution in [2.45, 2.75) is 6.10 Å². The molecule has 0 amide bonds. The van der Waals surface area contributed by atoms with Crippen LogP contribution in [0.3, 0.4) is 0 Å². The van der Waals surface area contributed by atoms with Crippen molar-refractivity contribution in [1.29, 1.82) is 0 Å². The topological polar surface area (TPSA) is 48.0 Å². The highest BCUT2D eigenvalue weighted by molar-refractivity contribution is 6.45. The second-order valence-electron chi connectivity index (χ2n) is 7.09. The van der Waals surface area contributed by atoms with Crippen LogP contribution < -0.4 is 9.64 Å². The van der Waals surface area contributed by atoms with E-state index < -0.39 is 35.3 Å². The zero-order valence-electron chi connectivity index (χ0n) is 17.5. The zero-order chi connectivity index (χ0) is 24.0. The number of esters is 1. The van der Waals surface area contributed by atoms with Crippen molar-refractivity contribution in [3.05, 3.63) is 86.5 Å². The SMILES string of the molecule is COC1=C(Cl)C(Cl)=C2C(=C(C(=O)Oc3c(F)ccc(F)c3F)c3ccccc3N2C)C1OC. The summed E-state index contributed by atoms with van der Waals surface area (Å²) in [7, 11) is 4.43. The van der Waals surface area contributed by atoms with Crippen LogP contribution in [-0.4, -0.2) is 33.3 Å². The van der Waals surface area contributed by atoms with Gasteiger partial charge in [0.2, 0.25) is 11.6 Å². The number of carbonyl (C=O) groups is 1. The lowest BCUT2D eigenvalue weighted by Gasteiger charge is -2.39. The summed E-state index contributed by atoms with van der Waals surface area (Å²) in [6.07, 6.45) is -0.999. The molecule has 0 bridgehead atoms. The number of carbonyl (C=O) groups excluding carboxylic acids is 1. The molecule has 2 aromatic rings. The molecule has 0 saturated heterocycles. The monoisotopic (exact) mass is 497 g/mol. The summed E-state index contributed by atoms with van der Waals surface area (Å²) in [6.45, 7) is 0. The summed E-state index contributed by atoms with van der Waals surface area (Å²) in [5.74, 6) is -6.41. The molecule has 4 rings (SSSR count). The number of allylic oxidation sites excluding steroid dienone is 2. The summed E-state index contributed by atoms with van der Waals surface area (Å²) < 4.78 is 58.1. The van der Waals surface area contributed by atoms with Gasteiger partial charge in [-0.1, -0.05) is 41.4 Å². The van der Waals surface area contributed by atoms with Crippen molar-refractivity contribution in [2.75, 3.05) is 26.2 Å². The van der Waals surface area contributed by atoms with Gasteiger partial charge in [-0.15, -0.1) is 0 Å². The summed E-state index contributed by atoms with van der Waals surface area (Å²) in [6, 6.07) is 7.99. The highest BCUT2D eigenvalue weighted by atomic mass is 35.5. The minimum absolute atomic E-state index is 0.0715. The maximum atomic E-state index is 14.2. The molecule has 0 aromatic heterocycles. The normalized spacial score (nSPS) is 17.8. The summed E-state index contributed by atoms with van der Waals surface area (Å²) >= 11 is 13.0. The number of nitrogens with zero attached hydrogens (tertiary/aromatic N) is 1. The Morgan fingerprint density at radius 2 is 1.67 bits per heavy atom. The molecule has 0 radical (unpaired) electrons. The molecule has 1 aliphatic carbocycles. The minimum atomic E-state index is -1.63. The maximum absolute atomic E-state index is 14.2. The van der Waals surface area contributed by atoms with Gasteiger partial charge in [0.1, 0.15) is 16.9 Å². The van der Waals surface area contributed by atoms with Crippen molar-refractivity contribution in [3.8, 4) is 5.75 Å². The van der Waals surface area contributed by atoms with Crippen LogP contribution in [0.25, 0.3) is 5.57 Å². The number of halogens is 5. The number of fused-ring (bicyclic) bond motifs is 2. The molecule has 2 aromatic carbocycles. The molecular weight excluding hydrogens is 482 g/mol. The average molecular weight is 498 g/mol. The minimum Gasteiger partial charge on any atom is -0.496 e. The van der Waals surface area contributed by atoms with E-state index in [1.807, 2.05) is 0 Å². The smallest absolute Gasteiger partial charge is 0.344 e. The van der Waals surface area contributed by atoms with Gasteiger partial charge in [-0.25, -0.2) is 13.6 Å². The van der Waals surface area contributed by atoms with Gasteiger partial charge < -0.3 is 19.1 Å². The predicted octanol–water partition coefficient (Wildman–Crippen LogP) is 5.49. The zero-order valence-corrected chi connectivity index (χ0v) is 19.0. The molecular formula is C23H16Cl2F3NO4. The molecule has 172 valence electrons. The van der Waals surface area contributed by atoms with Gasteiger partial charge in [-0.2, -0.15) is 4.39 Å². The molecule has 2 aliphatic rings. The Balaban J connectivity index is 2.00. The second-order valence-corrected chi connectivity index (χ2v) is 7.84. The number of rotatable bonds is 4. The van der Waals surface area contributed by atoms with Crippen LogP contribution in [0.2, 0.25) is 0 Å². The van der Waals surface area contributed by atoms with Crippen molar-refractivity contribution in [1.82, 2.24) is 0 Å². The van der Waals surface area contributed by atoms with Gasteiger partial charge in [0, 0.05) is 31.0 Å². The Morgan fingerprint density at radius 1 is 1.00 bits per heavy atom. The van der Waals surface area contributed by atoms with Crippen molar-refractivity contribution >= 4 is 40.4 Å². The van der Waals surface area contributed by atoms with Crippen LogP contribution in [0.1, 0.15) is 5.56 Å². The lowest BCUT2D eigenvalue weighted by Crippen LogP contribution is -2.37. The quantitative estimate of drug-likeness (QED) is 0.317. The van der Waals surface area contributed by atoms with E-state index in [2.05, 4.69) is 0 Å². The Kier molecular flexibility index (Phi) is 6.18. The summed E-state index contributed by atoms with van der Waals surface area (Å²) in [5.41, 5.74) is 1.36. The van der Waals surface area contributed by atoms with Gasteiger partial charge in [0.15, 0.2) is 11.6 Å². The molecule has 1 heterocycles. The van der Waals surface area contributed by atoms with Crippen LogP contribution >= 0.6 is 23.2 Å². The fraction of sp³-hybridized carbons (Fsp3) is 0.174. The van der Waals surface area contributed by atoms with Gasteiger partial charge in [-0.3, -0.25) is 0 Å². The Bertz CT molecular complexity index is 1270. The van der Waals surface area contributed by atoms with Crippen molar-refractivity contribution in [3.63, 3.8) is 0 Å². The van der Waals surface area contributed by atoms with E-state index >= 15 is 0 Å². The van der Waals surface area contributed by atoms with Gasteiger partial charge >= 0.3 is 5.97 Å². The highest BCUT2D eigenvalue weighted by Gasteiger charge is 2.43. The molecule has 0 spiro atoms. The number of para-hydroxylation sites is 1. The first-order valence-corrected chi connectivity index (χ1v) is 10.3. The molecule has 1 atom stereocenters. The Labute approximate surface area is 197 Å². The highest BCUT2D eigenvalue weighted by Crippen LogP contribution is 2.49. The van der Waals surface area contributed by atoms with E-state index in [1.54, 1.807) is 36.2 Å². The van der Waals surface area contributed by atoms with Crippen LogP contribution in [0.4, 0.5) is 18.9 Å². The van der Waals surface area contributed by atoms with Crippen molar-refractivity contribution < 1.29 is 32.2 Å². The molecule has 1 unspecified atom stereocenters. The molecule has 0 saturated carbocycles. The number of hydrogen-bond donors (Lipinski definition) is 0. The van der Waals surface area contributed by atoms with Crippen LogP contribution in [0.5, 0.6) is 5.75 Å². The van der Waals surface area contributed by atoms with Crippen LogP contribution in [0.15, 0.2) is 63.5 Å². The third-order valence-electron chi connectivity index (χ3n) is 5.37. The van der Waals surface area contributed by atoms with Crippen LogP contribution in [0, 0.1) is 17.5 Å². The Hall–Kier alpha value is -2.94. The van der Waals surface area contributed by atoms with Crippen LogP contribution in [-0.2, 0) is 14.3 Å². The molecule has 5 nitrogen and oxygen atoms in total. The first-order chi connectivity index (χ1) is 15.7. The standard InChI is InChI=1S/C23H16Cl2F3NO4/c1-29-13-7-5-4-6-10(13)14(23(30)33-20-12(27)9-8-11(26)18(20)28)15-19(29)16(24)17(25)22(32-3)21(15)31-2/h4-9,21H,1-3H3. The number of anilines is 1. The lowest BCUT2D eigenvalue weighted by atomic mass is 9.85. The van der Waals surface area contributed by atoms with Gasteiger partial charge in [0.25, 0.3) is 0 Å². The number of benzene rings is 2. The second kappa shape index (κ2) is 8.78. The summed E-state index contributed by atoms with van der Waals surface area (Å²) in [4.78, 5) is 15.1. The molecule has 0 N–H and O–H groups in total. The number of likely N-dealkylation sites (N-methyl/N-ethyl adjacent to an activating group) is 1. The van der Waals surface area contributed by atoms with E-state index in [1.165, 1.54) is 14.2 Å². The third kappa shape index (κ3) is 3.58. The molecule has 33 heavy (non-hydrogen) atoms. The maximum Gasteiger partial charge on any atom is 0.344 e. The fourth-order valence-electron chi connectivity index (χ4n) is 3.91. The Morgan fingerprint density at radius 3 is 2.33 bits per heavy atom. The van der Waals surface area contributed by atoms with E-state index in [-0.39, 0.29) is 27.0 Å². The van der Waals surface area contributed by atoms with Crippen molar-refractivity contribution in [2.24, 2.45) is 0 Å². The largest absolute Gasteiger partial charge is 0.496 e. The fourth-order valence-corrected chi connectivity index (χ4v) is 4.50. The van der Waals surface area contributed by atoms with E-state index in [0.717, 1.165) is 0 Å². The van der Waals surface area contributed by atoms with E-state index in [0.29, 0.717) is 29.1 Å². The molecule has 1 aliphatic heterocycles. The molecule has 0 fully saturated rings. The number of ether oxygens (including phenoxy) is 3. The van der Waals surface area contributed by atoms with E-state index in [4.69, 9.17) is 37.4 Å². The van der Waals surface area contributed by atoms with E-state index in [9.17, 15) is 18.0 Å². The van der Waals surface area contributed by atoms with Gasteiger partial charge in [-0.05, 0) is 18.2 Å².